The smallest absolute Gasteiger partial charge is 0.251 e. The number of hydrogen-bond donors (Lipinski definition) is 2. The summed E-state index contributed by atoms with van der Waals surface area (Å²) in [7, 11) is 2.22. The minimum atomic E-state index is -0.508. The van der Waals surface area contributed by atoms with Crippen LogP contribution in [0.5, 0.6) is 0 Å². The van der Waals surface area contributed by atoms with Gasteiger partial charge in [0.05, 0.1) is 7.05 Å². The topological polar surface area (TPSA) is 66.4 Å². The molecule has 2 atom stereocenters. The fraction of sp³-hybridized carbons (Fsp3) is 0.243. The number of hydrogen-bond acceptors (Lipinski definition) is 3. The Bertz CT molecular complexity index is 1640. The lowest BCUT2D eigenvalue weighted by molar-refractivity contribution is 0.0903. The van der Waals surface area contributed by atoms with E-state index in [2.05, 4.69) is 63.5 Å². The Hall–Kier alpha value is -4.32. The van der Waals surface area contributed by atoms with Crippen molar-refractivity contribution in [2.45, 2.75) is 46.2 Å². The molecule has 0 bridgehead atoms. The molecule has 1 heterocycles. The molecule has 5 rings (SSSR count). The van der Waals surface area contributed by atoms with Crippen LogP contribution in [0, 0.1) is 0 Å². The first-order valence-corrected chi connectivity index (χ1v) is 14.6. The number of rotatable bonds is 10. The van der Waals surface area contributed by atoms with Gasteiger partial charge < -0.3 is 10.4 Å². The first-order valence-electron chi connectivity index (χ1n) is 14.6. The van der Waals surface area contributed by atoms with E-state index in [1.54, 1.807) is 6.07 Å². The van der Waals surface area contributed by atoms with Gasteiger partial charge in [-0.2, -0.15) is 0 Å². The molecule has 0 spiro atoms. The maximum Gasteiger partial charge on any atom is 0.251 e. The number of allylic oxidation sites excluding steroid dienone is 2. The van der Waals surface area contributed by atoms with E-state index in [1.807, 2.05) is 60.7 Å². The maximum absolute atomic E-state index is 13.2. The van der Waals surface area contributed by atoms with Crippen molar-refractivity contribution in [2.75, 3.05) is 13.7 Å². The molecule has 214 valence electrons. The largest absolute Gasteiger partial charge is 0.388 e. The van der Waals surface area contributed by atoms with Crippen LogP contribution in [0.15, 0.2) is 103 Å². The summed E-state index contributed by atoms with van der Waals surface area (Å²) in [5.41, 5.74) is 10.2. The van der Waals surface area contributed by atoms with E-state index in [4.69, 9.17) is 0 Å². The van der Waals surface area contributed by atoms with Gasteiger partial charge in [-0.3, -0.25) is 14.1 Å². The first-order chi connectivity index (χ1) is 20.2. The monoisotopic (exact) mass is 559 g/mol. The van der Waals surface area contributed by atoms with Crippen molar-refractivity contribution in [1.29, 1.82) is 0 Å². The van der Waals surface area contributed by atoms with Crippen LogP contribution in [0.4, 0.5) is 5.69 Å². The van der Waals surface area contributed by atoms with Crippen molar-refractivity contribution >= 4 is 23.0 Å². The number of aliphatic hydroxyl groups excluding tert-OH is 1. The summed E-state index contributed by atoms with van der Waals surface area (Å²) in [6.45, 7) is 6.62. The fourth-order valence-corrected chi connectivity index (χ4v) is 5.98. The molecule has 42 heavy (non-hydrogen) atoms. The van der Waals surface area contributed by atoms with E-state index in [-0.39, 0.29) is 17.7 Å². The van der Waals surface area contributed by atoms with Crippen LogP contribution in [0.3, 0.4) is 0 Å². The highest BCUT2D eigenvalue weighted by molar-refractivity contribution is 6.03. The van der Waals surface area contributed by atoms with Gasteiger partial charge in [0.1, 0.15) is 24.5 Å². The number of carbonyl (C=O) groups is 2. The number of ketones is 1. The van der Waals surface area contributed by atoms with E-state index >= 15 is 0 Å². The van der Waals surface area contributed by atoms with Gasteiger partial charge in [-0.25, -0.2) is 0 Å². The molecule has 0 saturated carbocycles. The summed E-state index contributed by atoms with van der Waals surface area (Å²) in [6, 6.07) is 32.2. The van der Waals surface area contributed by atoms with Crippen LogP contribution in [0.1, 0.15) is 64.6 Å². The average Bonchev–Trinajstić information content (AvgIpc) is 3.20. The Morgan fingerprint density at radius 2 is 1.52 bits per heavy atom. The molecule has 0 saturated heterocycles. The molecule has 2 unspecified atom stereocenters. The number of fused-ring (bicyclic) bond motifs is 1. The molecular formula is C37H39N2O3+. The van der Waals surface area contributed by atoms with Crippen LogP contribution in [-0.2, 0) is 13.0 Å². The normalized spacial score (nSPS) is 16.7. The van der Waals surface area contributed by atoms with Crippen molar-refractivity contribution in [3.63, 3.8) is 0 Å². The summed E-state index contributed by atoms with van der Waals surface area (Å²) in [5.74, 6) is -0.326. The minimum Gasteiger partial charge on any atom is -0.388 e. The standard InChI is InChI=1S/C37H38N2O3/c1-25(14-15-28-10-6-5-7-11-28)38-37(42)31-20-21-35-34(22-31)26(2)27(3)39(35,4)23-29-16-18-30(19-17-29)32-12-8-9-13-33(32)36(41)24-40/h5-13,16-22,25,40H,14-15,23-24H2,1-4H3/p+1. The summed E-state index contributed by atoms with van der Waals surface area (Å²) >= 11 is 0. The lowest BCUT2D eigenvalue weighted by Crippen LogP contribution is -2.40. The van der Waals surface area contributed by atoms with E-state index in [1.165, 1.54) is 28.1 Å². The molecule has 4 aromatic carbocycles. The number of aliphatic hydroxyl groups is 1. The van der Waals surface area contributed by atoms with Crippen molar-refractivity contribution < 1.29 is 14.7 Å². The number of nitrogens with zero attached hydrogens (tertiary/aromatic N) is 1. The van der Waals surface area contributed by atoms with E-state index in [0.717, 1.165) is 36.1 Å². The van der Waals surface area contributed by atoms with Crippen LogP contribution < -0.4 is 9.80 Å². The predicted octanol–water partition coefficient (Wildman–Crippen LogP) is 7.18. The third kappa shape index (κ3) is 5.85. The maximum atomic E-state index is 13.2. The summed E-state index contributed by atoms with van der Waals surface area (Å²) in [4.78, 5) is 25.4. The number of amides is 1. The Morgan fingerprint density at radius 1 is 0.833 bits per heavy atom. The molecule has 5 nitrogen and oxygen atoms in total. The number of Topliss-reactive ketones (excluding diaryl/α,β-unsaturated/α-hetero) is 1. The fourth-order valence-electron chi connectivity index (χ4n) is 5.98. The third-order valence-corrected chi connectivity index (χ3v) is 8.70. The third-order valence-electron chi connectivity index (χ3n) is 8.70. The highest BCUT2D eigenvalue weighted by Crippen LogP contribution is 2.45. The Labute approximate surface area is 248 Å². The average molecular weight is 560 g/mol. The van der Waals surface area contributed by atoms with Crippen molar-refractivity contribution in [3.05, 3.63) is 131 Å². The highest BCUT2D eigenvalue weighted by atomic mass is 16.3. The lowest BCUT2D eigenvalue weighted by Gasteiger charge is -2.31. The molecule has 2 N–H and O–H groups in total. The molecule has 0 fully saturated rings. The lowest BCUT2D eigenvalue weighted by atomic mass is 9.96. The van der Waals surface area contributed by atoms with E-state index in [9.17, 15) is 14.7 Å². The quantitative estimate of drug-likeness (QED) is 0.160. The second kappa shape index (κ2) is 12.3. The highest BCUT2D eigenvalue weighted by Gasteiger charge is 2.39. The number of benzene rings is 4. The van der Waals surface area contributed by atoms with Crippen LogP contribution in [0.25, 0.3) is 16.7 Å². The van der Waals surface area contributed by atoms with Gasteiger partial charge in [0.15, 0.2) is 5.78 Å². The number of quaternary nitrogens is 1. The number of carbonyl (C=O) groups excluding carboxylic acids is 2. The molecule has 1 aliphatic rings. The molecule has 1 amide bonds. The molecule has 0 radical (unpaired) electrons. The first kappa shape index (κ1) is 29.2. The second-order valence-electron chi connectivity index (χ2n) is 11.5. The van der Waals surface area contributed by atoms with Crippen LogP contribution in [-0.4, -0.2) is 36.5 Å². The van der Waals surface area contributed by atoms with Crippen LogP contribution in [0.2, 0.25) is 0 Å². The number of aryl methyl sites for hydroxylation is 1. The predicted molar refractivity (Wildman–Crippen MR) is 171 cm³/mol. The van der Waals surface area contributed by atoms with Gasteiger partial charge >= 0.3 is 0 Å². The molecule has 0 aromatic heterocycles. The molecular weight excluding hydrogens is 520 g/mol. The van der Waals surface area contributed by atoms with Gasteiger partial charge in [0, 0.05) is 46.9 Å². The summed E-state index contributed by atoms with van der Waals surface area (Å²) in [5, 5.41) is 12.6. The van der Waals surface area contributed by atoms with Gasteiger partial charge in [-0.15, -0.1) is 0 Å². The summed E-state index contributed by atoms with van der Waals surface area (Å²) in [6.07, 6.45) is 1.81. The van der Waals surface area contributed by atoms with Crippen molar-refractivity contribution in [1.82, 2.24) is 9.80 Å². The van der Waals surface area contributed by atoms with Gasteiger partial charge in [0.25, 0.3) is 5.91 Å². The van der Waals surface area contributed by atoms with Crippen molar-refractivity contribution in [3.8, 4) is 11.1 Å². The molecule has 5 heteroatoms. The zero-order chi connectivity index (χ0) is 29.9. The Morgan fingerprint density at radius 3 is 2.24 bits per heavy atom. The van der Waals surface area contributed by atoms with Crippen LogP contribution >= 0.6 is 0 Å². The zero-order valence-electron chi connectivity index (χ0n) is 24.9. The Kier molecular flexibility index (Phi) is 8.53. The van der Waals surface area contributed by atoms with Gasteiger partial charge in [-0.1, -0.05) is 78.9 Å². The second-order valence-corrected chi connectivity index (χ2v) is 11.5. The van der Waals surface area contributed by atoms with E-state index < -0.39 is 6.61 Å². The zero-order valence-corrected chi connectivity index (χ0v) is 24.9. The number of nitrogens with one attached hydrogen (secondary N) is 1. The minimum absolute atomic E-state index is 0.0412. The molecule has 0 aliphatic carbocycles. The van der Waals surface area contributed by atoms with E-state index in [0.29, 0.717) is 15.6 Å². The Balaban J connectivity index is 1.32. The molecule has 4 aromatic rings. The van der Waals surface area contributed by atoms with Crippen molar-refractivity contribution in [2.24, 2.45) is 0 Å². The summed E-state index contributed by atoms with van der Waals surface area (Å²) < 4.78 is 0.634. The van der Waals surface area contributed by atoms with Gasteiger partial charge in [-0.05, 0) is 55.5 Å². The SMILES string of the molecule is CC1=C(C)[N+](C)(Cc2ccc(-c3ccccc3C(=O)CO)cc2)c2ccc(C(=O)NC(C)CCc3ccccc3)cc21. The van der Waals surface area contributed by atoms with Gasteiger partial charge in [0.2, 0.25) is 0 Å². The molecule has 1 aliphatic heterocycles.